The van der Waals surface area contributed by atoms with E-state index in [1.54, 1.807) is 24.1 Å². The summed E-state index contributed by atoms with van der Waals surface area (Å²) in [7, 11) is -1.74. The molecule has 7 rings (SSSR count). The molecule has 3 aromatic rings. The molecule has 50 heavy (non-hydrogen) atoms. The predicted octanol–water partition coefficient (Wildman–Crippen LogP) is 6.19. The molecule has 266 valence electrons. The Morgan fingerprint density at radius 3 is 2.84 bits per heavy atom. The number of amides is 2. The van der Waals surface area contributed by atoms with E-state index < -0.39 is 21.7 Å². The Bertz CT molecular complexity index is 1930. The number of carbonyl (C=O) groups is 2. The van der Waals surface area contributed by atoms with Gasteiger partial charge in [0.25, 0.3) is 11.8 Å². The summed E-state index contributed by atoms with van der Waals surface area (Å²) in [6.07, 6.45) is 11.0. The predicted molar refractivity (Wildman–Crippen MR) is 198 cm³/mol. The summed E-state index contributed by atoms with van der Waals surface area (Å²) in [5.41, 5.74) is 5.36. The van der Waals surface area contributed by atoms with Crippen molar-refractivity contribution >= 4 is 39.2 Å². The average Bonchev–Trinajstić information content (AvgIpc) is 3.52. The van der Waals surface area contributed by atoms with Gasteiger partial charge < -0.3 is 14.4 Å². The summed E-state index contributed by atoms with van der Waals surface area (Å²) >= 11 is 1.96. The van der Waals surface area contributed by atoms with Crippen LogP contribution in [0, 0.1) is 24.7 Å². The van der Waals surface area contributed by atoms with Gasteiger partial charge in [0, 0.05) is 38.5 Å². The summed E-state index contributed by atoms with van der Waals surface area (Å²) in [5, 5.41) is 4.18. The molecule has 1 aromatic heterocycles. The summed E-state index contributed by atoms with van der Waals surface area (Å²) < 4.78 is 35.4. The maximum atomic E-state index is 14.5. The third kappa shape index (κ3) is 6.98. The fourth-order valence-corrected chi connectivity index (χ4v) is 11.2. The Hall–Kier alpha value is -3.61. The molecule has 0 saturated heterocycles. The lowest BCUT2D eigenvalue weighted by Crippen LogP contribution is -2.48. The summed E-state index contributed by atoms with van der Waals surface area (Å²) in [6, 6.07) is 12.2. The van der Waals surface area contributed by atoms with Gasteiger partial charge in [-0.15, -0.1) is 16.1 Å². The average molecular weight is 718 g/mol. The molecular weight excluding hydrogens is 671 g/mol. The Morgan fingerprint density at radius 2 is 2.08 bits per heavy atom. The Kier molecular flexibility index (Phi) is 9.88. The minimum absolute atomic E-state index is 0.0131. The summed E-state index contributed by atoms with van der Waals surface area (Å²) in [5.74, 6) is 1.14. The minimum Gasteiger partial charge on any atom is -0.490 e. The van der Waals surface area contributed by atoms with Gasteiger partial charge in [-0.05, 0) is 92.4 Å². The lowest BCUT2D eigenvalue weighted by Gasteiger charge is -2.45. The molecule has 12 heteroatoms. The molecule has 3 aliphatic heterocycles. The van der Waals surface area contributed by atoms with Crippen molar-refractivity contribution in [2.45, 2.75) is 63.9 Å². The molecule has 2 bridgehead atoms. The van der Waals surface area contributed by atoms with Crippen LogP contribution in [-0.4, -0.2) is 70.2 Å². The molecule has 4 heterocycles. The van der Waals surface area contributed by atoms with Gasteiger partial charge in [-0.2, -0.15) is 5.10 Å². The van der Waals surface area contributed by atoms with Crippen LogP contribution in [0.2, 0.25) is 0 Å². The first-order valence-electron chi connectivity index (χ1n) is 17.7. The second-order valence-electron chi connectivity index (χ2n) is 14.3. The van der Waals surface area contributed by atoms with E-state index in [1.807, 2.05) is 37.7 Å². The number of aryl methyl sites for hydroxylation is 3. The van der Waals surface area contributed by atoms with E-state index in [4.69, 9.17) is 9.47 Å². The first kappa shape index (κ1) is 34.8. The van der Waals surface area contributed by atoms with Crippen LogP contribution in [0.1, 0.15) is 70.5 Å². The van der Waals surface area contributed by atoms with Crippen LogP contribution in [0.15, 0.2) is 65.3 Å². The summed E-state index contributed by atoms with van der Waals surface area (Å²) in [6.45, 7) is 8.63. The van der Waals surface area contributed by atoms with E-state index >= 15 is 0 Å². The number of fused-ring (bicyclic) bond motifs is 4. The normalized spacial score (nSPS) is 30.2. The molecule has 4 aliphatic rings. The zero-order chi connectivity index (χ0) is 35.0. The topological polar surface area (TPSA) is 115 Å². The number of benzene rings is 2. The molecule has 6 atom stereocenters. The number of hydrogen-bond acceptors (Lipinski definition) is 8. The molecule has 1 saturated carbocycles. The third-order valence-corrected chi connectivity index (χ3v) is 14.1. The zero-order valence-corrected chi connectivity index (χ0v) is 30.9. The van der Waals surface area contributed by atoms with Crippen molar-refractivity contribution in [3.8, 4) is 5.75 Å². The van der Waals surface area contributed by atoms with Crippen LogP contribution in [0.25, 0.3) is 0 Å². The number of hydrogen-bond donors (Lipinski definition) is 1. The Morgan fingerprint density at radius 1 is 1.22 bits per heavy atom. The third-order valence-electron chi connectivity index (χ3n) is 10.7. The van der Waals surface area contributed by atoms with Gasteiger partial charge >= 0.3 is 0 Å². The first-order valence-corrected chi connectivity index (χ1v) is 20.3. The molecule has 1 fully saturated rings. The summed E-state index contributed by atoms with van der Waals surface area (Å²) in [4.78, 5) is 29.7. The lowest BCUT2D eigenvalue weighted by atomic mass is 9.70. The Labute approximate surface area is 299 Å². The Balaban J connectivity index is 1.30. The number of thioether (sulfide) groups is 1. The van der Waals surface area contributed by atoms with Crippen LogP contribution < -0.4 is 14.4 Å². The smallest absolute Gasteiger partial charge is 0.286 e. The van der Waals surface area contributed by atoms with Crippen LogP contribution in [-0.2, 0) is 32.4 Å². The van der Waals surface area contributed by atoms with Gasteiger partial charge in [-0.3, -0.25) is 19.0 Å². The fraction of sp³-hybridized carbons (Fsp3) is 0.500. The van der Waals surface area contributed by atoms with Gasteiger partial charge in [0.05, 0.1) is 34.1 Å². The van der Waals surface area contributed by atoms with Gasteiger partial charge in [0.1, 0.15) is 22.3 Å². The SMILES string of the molecule is CCn1cc(C(=O)NS2(=O)=NC(=O)c3ccc4c(c3)N(C[C@@H]3CC[C@H]3[C@@H](OC)/C=C/C[C@H](C)C2)C[C@]2(CO4)SCCc3cc(C)ccc32)cn1. The first-order chi connectivity index (χ1) is 24.1. The highest BCUT2D eigenvalue weighted by atomic mass is 32.2. The van der Waals surface area contributed by atoms with Crippen molar-refractivity contribution in [1.29, 1.82) is 0 Å². The number of nitrogens with one attached hydrogen (secondary N) is 1. The zero-order valence-electron chi connectivity index (χ0n) is 29.3. The second-order valence-corrected chi connectivity index (χ2v) is 17.8. The van der Waals surface area contributed by atoms with Crippen molar-refractivity contribution in [1.82, 2.24) is 14.5 Å². The number of anilines is 1. The van der Waals surface area contributed by atoms with Crippen LogP contribution in [0.4, 0.5) is 5.69 Å². The van der Waals surface area contributed by atoms with Gasteiger partial charge in [-0.25, -0.2) is 4.21 Å². The van der Waals surface area contributed by atoms with E-state index in [1.165, 1.54) is 22.9 Å². The van der Waals surface area contributed by atoms with Crippen molar-refractivity contribution in [3.63, 3.8) is 0 Å². The number of carbonyl (C=O) groups excluding carboxylic acids is 2. The molecule has 1 spiro atoms. The fourth-order valence-electron chi connectivity index (χ4n) is 7.85. The molecule has 2 amide bonds. The van der Waals surface area contributed by atoms with Gasteiger partial charge in [-0.1, -0.05) is 42.8 Å². The minimum atomic E-state index is -3.51. The van der Waals surface area contributed by atoms with E-state index in [2.05, 4.69) is 56.4 Å². The maximum absolute atomic E-state index is 14.5. The van der Waals surface area contributed by atoms with E-state index in [0.29, 0.717) is 42.7 Å². The monoisotopic (exact) mass is 717 g/mol. The molecule has 10 nitrogen and oxygen atoms in total. The number of allylic oxidation sites excluding steroid dienone is 1. The number of methoxy groups -OCH3 is 1. The van der Waals surface area contributed by atoms with Crippen molar-refractivity contribution in [3.05, 3.63) is 88.8 Å². The quantitative estimate of drug-likeness (QED) is 0.318. The molecule has 1 N–H and O–H groups in total. The van der Waals surface area contributed by atoms with Crippen molar-refractivity contribution in [2.75, 3.05) is 43.2 Å². The highest BCUT2D eigenvalue weighted by Gasteiger charge is 2.45. The highest BCUT2D eigenvalue weighted by Crippen LogP contribution is 2.49. The van der Waals surface area contributed by atoms with Crippen LogP contribution in [0.5, 0.6) is 5.75 Å². The van der Waals surface area contributed by atoms with Crippen molar-refractivity contribution in [2.24, 2.45) is 22.1 Å². The van der Waals surface area contributed by atoms with Crippen LogP contribution in [0.3, 0.4) is 0 Å². The maximum Gasteiger partial charge on any atom is 0.286 e. The van der Waals surface area contributed by atoms with Crippen LogP contribution >= 0.6 is 11.8 Å². The highest BCUT2D eigenvalue weighted by molar-refractivity contribution is 8.00. The molecule has 0 radical (unpaired) electrons. The number of ether oxygens (including phenoxy) is 2. The van der Waals surface area contributed by atoms with Gasteiger partial charge in [0.15, 0.2) is 0 Å². The second kappa shape index (κ2) is 14.2. The standard InChI is InChI=1S/C38H47N5O5S2/c1-5-43-21-30(19-39-43)37(45)41-50(46)22-26(3)7-6-8-34(47-4)31-12-10-29(31)20-42-23-38(32-13-9-25(2)17-27(32)15-16-49-38)24-48-35-14-11-28(18-33(35)42)36(44)40-50/h6,8-9,11,13-14,17-19,21,26,29,31,34H,5,7,10,12,15-16,20,22-24H2,1-4H3,(H,40,41,44,45,46)/b8-6+/t26-,29-,31+,34-,38+,50?/m0/s1. The molecule has 1 unspecified atom stereocenters. The molecule has 1 aliphatic carbocycles. The molecular formula is C38H47N5O5S2. The largest absolute Gasteiger partial charge is 0.490 e. The number of aromatic nitrogens is 2. The number of nitrogens with zero attached hydrogens (tertiary/aromatic N) is 4. The van der Waals surface area contributed by atoms with E-state index in [0.717, 1.165) is 43.8 Å². The van der Waals surface area contributed by atoms with Gasteiger partial charge in [0.2, 0.25) is 0 Å². The lowest BCUT2D eigenvalue weighted by molar-refractivity contribution is 0.0134. The van der Waals surface area contributed by atoms with E-state index in [9.17, 15) is 13.8 Å². The van der Waals surface area contributed by atoms with Crippen molar-refractivity contribution < 1.29 is 23.3 Å². The molecule has 2 aromatic carbocycles. The van der Waals surface area contributed by atoms with E-state index in [-0.39, 0.29) is 28.1 Å². The number of rotatable bonds is 4.